The number of carbonyl (C=O) groups is 1. The van der Waals surface area contributed by atoms with E-state index in [1.54, 1.807) is 30.3 Å². The van der Waals surface area contributed by atoms with Gasteiger partial charge in [0.25, 0.3) is 0 Å². The summed E-state index contributed by atoms with van der Waals surface area (Å²) in [4.78, 5) is 12.0. The first-order chi connectivity index (χ1) is 9.81. The minimum Gasteiger partial charge on any atom is -0.392 e. The highest BCUT2D eigenvalue weighted by Gasteiger charge is 2.27. The van der Waals surface area contributed by atoms with Gasteiger partial charge in [0, 0.05) is 6.54 Å². The summed E-state index contributed by atoms with van der Waals surface area (Å²) in [5.74, 6) is -1.28. The Morgan fingerprint density at radius 3 is 2.48 bits per heavy atom. The Hall–Kier alpha value is -1.67. The van der Waals surface area contributed by atoms with Crippen LogP contribution >= 0.6 is 12.2 Å². The highest BCUT2D eigenvalue weighted by atomic mass is 32.1. The second kappa shape index (κ2) is 7.94. The maximum atomic E-state index is 12.0. The van der Waals surface area contributed by atoms with Crippen molar-refractivity contribution in [1.82, 2.24) is 5.32 Å². The smallest absolute Gasteiger partial charge is 0.392 e. The van der Waals surface area contributed by atoms with Crippen molar-refractivity contribution in [2.24, 2.45) is 5.73 Å². The van der Waals surface area contributed by atoms with Crippen LogP contribution < -0.4 is 11.1 Å². The summed E-state index contributed by atoms with van der Waals surface area (Å²) in [5.41, 5.74) is 6.17. The number of benzene rings is 1. The van der Waals surface area contributed by atoms with Gasteiger partial charge in [-0.1, -0.05) is 42.5 Å². The molecule has 0 radical (unpaired) electrons. The van der Waals surface area contributed by atoms with E-state index in [0.717, 1.165) is 0 Å². The van der Waals surface area contributed by atoms with E-state index in [4.69, 9.17) is 18.0 Å². The molecule has 1 aromatic rings. The minimum atomic E-state index is -4.38. The molecule has 1 atom stereocenters. The molecular formula is C13H15F3N2O2S. The fraction of sp³-hybridized carbons (Fsp3) is 0.385. The zero-order valence-electron chi connectivity index (χ0n) is 11.0. The molecule has 1 rings (SSSR count). The highest BCUT2D eigenvalue weighted by Crippen LogP contribution is 2.16. The van der Waals surface area contributed by atoms with Gasteiger partial charge >= 0.3 is 6.18 Å². The van der Waals surface area contributed by atoms with E-state index in [-0.39, 0.29) is 18.1 Å². The molecule has 0 saturated carbocycles. The molecule has 0 aliphatic heterocycles. The molecule has 21 heavy (non-hydrogen) atoms. The van der Waals surface area contributed by atoms with Gasteiger partial charge in [0.1, 0.15) is 12.5 Å². The lowest BCUT2D eigenvalue weighted by atomic mass is 9.98. The predicted octanol–water partition coefficient (Wildman–Crippen LogP) is 1.75. The van der Waals surface area contributed by atoms with Crippen molar-refractivity contribution in [3.8, 4) is 0 Å². The number of alkyl halides is 3. The van der Waals surface area contributed by atoms with Gasteiger partial charge < -0.3 is 15.8 Å². The lowest BCUT2D eigenvalue weighted by molar-refractivity contribution is -0.173. The SMILES string of the molecule is NC(=S)C(C(=O)NCCOCC(F)(F)F)c1ccccc1. The molecule has 116 valence electrons. The average Bonchev–Trinajstić information content (AvgIpc) is 2.38. The third-order valence-electron chi connectivity index (χ3n) is 2.49. The lowest BCUT2D eigenvalue weighted by Gasteiger charge is -2.16. The van der Waals surface area contributed by atoms with Crippen LogP contribution in [0.2, 0.25) is 0 Å². The summed E-state index contributed by atoms with van der Waals surface area (Å²) in [6, 6.07) is 8.65. The van der Waals surface area contributed by atoms with Gasteiger partial charge in [0.05, 0.1) is 11.6 Å². The van der Waals surface area contributed by atoms with Crippen molar-refractivity contribution >= 4 is 23.1 Å². The molecule has 0 bridgehead atoms. The second-order valence-electron chi connectivity index (χ2n) is 4.20. The number of halogens is 3. The van der Waals surface area contributed by atoms with E-state index in [9.17, 15) is 18.0 Å². The number of amides is 1. The van der Waals surface area contributed by atoms with Crippen molar-refractivity contribution < 1.29 is 22.7 Å². The third-order valence-corrected chi connectivity index (χ3v) is 2.73. The summed E-state index contributed by atoms with van der Waals surface area (Å²) in [5, 5.41) is 2.45. The number of rotatable bonds is 7. The van der Waals surface area contributed by atoms with E-state index < -0.39 is 24.6 Å². The highest BCUT2D eigenvalue weighted by molar-refractivity contribution is 7.80. The molecule has 8 heteroatoms. The first-order valence-electron chi connectivity index (χ1n) is 6.08. The van der Waals surface area contributed by atoms with Gasteiger partial charge in [-0.3, -0.25) is 4.79 Å². The van der Waals surface area contributed by atoms with Gasteiger partial charge in [-0.2, -0.15) is 13.2 Å². The van der Waals surface area contributed by atoms with E-state index in [1.807, 2.05) is 0 Å². The first kappa shape index (κ1) is 17.4. The van der Waals surface area contributed by atoms with Gasteiger partial charge in [-0.15, -0.1) is 0 Å². The summed E-state index contributed by atoms with van der Waals surface area (Å²) in [7, 11) is 0. The Morgan fingerprint density at radius 1 is 1.33 bits per heavy atom. The number of hydrogen-bond acceptors (Lipinski definition) is 3. The number of nitrogens with two attached hydrogens (primary N) is 1. The van der Waals surface area contributed by atoms with Gasteiger partial charge in [-0.05, 0) is 5.56 Å². The fourth-order valence-corrected chi connectivity index (χ4v) is 1.87. The van der Waals surface area contributed by atoms with Crippen LogP contribution in [0.5, 0.6) is 0 Å². The van der Waals surface area contributed by atoms with Crippen molar-refractivity contribution in [1.29, 1.82) is 0 Å². The van der Waals surface area contributed by atoms with Crippen molar-refractivity contribution in [3.05, 3.63) is 35.9 Å². The van der Waals surface area contributed by atoms with E-state index >= 15 is 0 Å². The van der Waals surface area contributed by atoms with Gasteiger partial charge in [0.2, 0.25) is 5.91 Å². The van der Waals surface area contributed by atoms with Crippen LogP contribution in [0.4, 0.5) is 13.2 Å². The van der Waals surface area contributed by atoms with Crippen LogP contribution in [0.3, 0.4) is 0 Å². The lowest BCUT2D eigenvalue weighted by Crippen LogP contribution is -2.38. The Kier molecular flexibility index (Phi) is 6.57. The monoisotopic (exact) mass is 320 g/mol. The Bertz CT molecular complexity index is 480. The zero-order valence-corrected chi connectivity index (χ0v) is 11.8. The minimum absolute atomic E-state index is 0.00471. The molecule has 0 aliphatic carbocycles. The Labute approximate surface area is 125 Å². The van der Waals surface area contributed by atoms with Crippen LogP contribution in [-0.4, -0.2) is 36.8 Å². The van der Waals surface area contributed by atoms with Gasteiger partial charge in [0.15, 0.2) is 0 Å². The first-order valence-corrected chi connectivity index (χ1v) is 6.48. The third kappa shape index (κ3) is 6.54. The molecular weight excluding hydrogens is 305 g/mol. The fourth-order valence-electron chi connectivity index (χ4n) is 1.63. The van der Waals surface area contributed by atoms with Crippen molar-refractivity contribution in [2.75, 3.05) is 19.8 Å². The summed E-state index contributed by atoms with van der Waals surface area (Å²) in [6.45, 7) is -1.65. The Morgan fingerprint density at radius 2 is 1.95 bits per heavy atom. The topological polar surface area (TPSA) is 64.4 Å². The maximum Gasteiger partial charge on any atom is 0.411 e. The van der Waals surface area contributed by atoms with Gasteiger partial charge in [-0.25, -0.2) is 0 Å². The predicted molar refractivity (Wildman–Crippen MR) is 75.9 cm³/mol. The molecule has 0 heterocycles. The second-order valence-corrected chi connectivity index (χ2v) is 4.68. The largest absolute Gasteiger partial charge is 0.411 e. The normalized spacial score (nSPS) is 12.7. The van der Waals surface area contributed by atoms with E-state index in [2.05, 4.69) is 10.1 Å². The van der Waals surface area contributed by atoms with Crippen LogP contribution in [0.1, 0.15) is 11.5 Å². The zero-order chi connectivity index (χ0) is 15.9. The van der Waals surface area contributed by atoms with Crippen LogP contribution in [0.15, 0.2) is 30.3 Å². The molecule has 0 aliphatic rings. The molecule has 3 N–H and O–H groups in total. The average molecular weight is 320 g/mol. The molecule has 0 saturated heterocycles. The standard InChI is InChI=1S/C13H15F3N2O2S/c14-13(15,16)8-20-7-6-18-12(19)10(11(17)21)9-4-2-1-3-5-9/h1-5,10H,6-8H2,(H2,17,21)(H,18,19). The van der Waals surface area contributed by atoms with E-state index in [1.165, 1.54) is 0 Å². The molecule has 0 fully saturated rings. The van der Waals surface area contributed by atoms with Crippen LogP contribution in [-0.2, 0) is 9.53 Å². The van der Waals surface area contributed by atoms with Crippen molar-refractivity contribution in [2.45, 2.75) is 12.1 Å². The summed E-state index contributed by atoms with van der Waals surface area (Å²) < 4.78 is 39.9. The van der Waals surface area contributed by atoms with E-state index in [0.29, 0.717) is 5.56 Å². The van der Waals surface area contributed by atoms with Crippen LogP contribution in [0.25, 0.3) is 0 Å². The summed E-state index contributed by atoms with van der Waals surface area (Å²) >= 11 is 4.86. The number of nitrogens with one attached hydrogen (secondary N) is 1. The molecule has 0 spiro atoms. The number of hydrogen-bond donors (Lipinski definition) is 2. The number of carbonyl (C=O) groups excluding carboxylic acids is 1. The molecule has 4 nitrogen and oxygen atoms in total. The summed E-state index contributed by atoms with van der Waals surface area (Å²) in [6.07, 6.45) is -4.38. The molecule has 1 amide bonds. The number of ether oxygens (including phenoxy) is 1. The quantitative estimate of drug-likeness (QED) is 0.593. The molecule has 1 unspecified atom stereocenters. The maximum absolute atomic E-state index is 12.0. The molecule has 1 aromatic carbocycles. The molecule has 0 aromatic heterocycles. The Balaban J connectivity index is 2.47. The van der Waals surface area contributed by atoms with Crippen molar-refractivity contribution in [3.63, 3.8) is 0 Å². The number of thiocarbonyl (C=S) groups is 1. The van der Waals surface area contributed by atoms with Crippen LogP contribution in [0, 0.1) is 0 Å².